The minimum Gasteiger partial charge on any atom is -0.467 e. The van der Waals surface area contributed by atoms with Crippen LogP contribution in [0.2, 0.25) is 0 Å². The Balaban J connectivity index is 1.63. The predicted octanol–water partition coefficient (Wildman–Crippen LogP) is 3.40. The number of aromatic nitrogens is 2. The van der Waals surface area contributed by atoms with Gasteiger partial charge in [-0.1, -0.05) is 42.5 Å². The largest absolute Gasteiger partial charge is 0.467 e. The summed E-state index contributed by atoms with van der Waals surface area (Å²) in [4.78, 5) is 19.6. The van der Waals surface area contributed by atoms with Gasteiger partial charge in [-0.25, -0.2) is 4.98 Å². The van der Waals surface area contributed by atoms with Crippen LogP contribution in [0.25, 0.3) is 10.9 Å². The summed E-state index contributed by atoms with van der Waals surface area (Å²) in [5, 5.41) is 4.01. The lowest BCUT2D eigenvalue weighted by atomic mass is 10.0. The van der Waals surface area contributed by atoms with E-state index in [1.165, 1.54) is 0 Å². The molecule has 0 fully saturated rings. The van der Waals surface area contributed by atoms with Gasteiger partial charge in [0.05, 0.1) is 29.8 Å². The Labute approximate surface area is 144 Å². The fourth-order valence-electron chi connectivity index (χ4n) is 2.90. The third kappa shape index (κ3) is 3.22. The second-order valence-electron chi connectivity index (χ2n) is 5.77. The zero-order chi connectivity index (χ0) is 17.1. The van der Waals surface area contributed by atoms with Gasteiger partial charge >= 0.3 is 0 Å². The van der Waals surface area contributed by atoms with Crippen molar-refractivity contribution < 1.29 is 4.42 Å². The Morgan fingerprint density at radius 2 is 1.80 bits per heavy atom. The van der Waals surface area contributed by atoms with E-state index in [0.29, 0.717) is 23.3 Å². The van der Waals surface area contributed by atoms with E-state index in [-0.39, 0.29) is 11.6 Å². The third-order valence-corrected chi connectivity index (χ3v) is 4.10. The summed E-state index contributed by atoms with van der Waals surface area (Å²) >= 11 is 0. The maximum atomic E-state index is 12.2. The van der Waals surface area contributed by atoms with Gasteiger partial charge in [-0.2, -0.15) is 0 Å². The van der Waals surface area contributed by atoms with Gasteiger partial charge < -0.3 is 9.40 Å². The van der Waals surface area contributed by atoms with Crippen molar-refractivity contribution in [3.8, 4) is 0 Å². The number of hydrogen-bond donors (Lipinski definition) is 2. The molecule has 2 aromatic carbocycles. The average Bonchev–Trinajstić information content (AvgIpc) is 3.17. The Morgan fingerprint density at radius 3 is 2.60 bits per heavy atom. The van der Waals surface area contributed by atoms with Crippen molar-refractivity contribution in [1.82, 2.24) is 15.3 Å². The van der Waals surface area contributed by atoms with Crippen LogP contribution < -0.4 is 10.9 Å². The van der Waals surface area contributed by atoms with Crippen LogP contribution in [-0.4, -0.2) is 9.97 Å². The molecule has 0 bridgehead atoms. The highest BCUT2D eigenvalue weighted by molar-refractivity contribution is 5.77. The van der Waals surface area contributed by atoms with Crippen molar-refractivity contribution in [2.24, 2.45) is 0 Å². The van der Waals surface area contributed by atoms with Crippen LogP contribution in [-0.2, 0) is 6.54 Å². The normalized spacial score (nSPS) is 12.3. The van der Waals surface area contributed by atoms with Gasteiger partial charge in [0, 0.05) is 0 Å². The lowest BCUT2D eigenvalue weighted by molar-refractivity contribution is 0.442. The number of nitrogens with one attached hydrogen (secondary N) is 2. The summed E-state index contributed by atoms with van der Waals surface area (Å²) in [6.07, 6.45) is 1.66. The van der Waals surface area contributed by atoms with E-state index < -0.39 is 0 Å². The van der Waals surface area contributed by atoms with Gasteiger partial charge in [0.25, 0.3) is 5.56 Å². The summed E-state index contributed by atoms with van der Waals surface area (Å²) in [7, 11) is 0. The summed E-state index contributed by atoms with van der Waals surface area (Å²) in [5.74, 6) is 1.41. The summed E-state index contributed by atoms with van der Waals surface area (Å²) < 4.78 is 5.58. The molecule has 4 rings (SSSR count). The highest BCUT2D eigenvalue weighted by Gasteiger charge is 2.16. The number of furan rings is 1. The summed E-state index contributed by atoms with van der Waals surface area (Å²) in [6, 6.07) is 21.0. The number of H-pyrrole nitrogens is 1. The molecule has 25 heavy (non-hydrogen) atoms. The van der Waals surface area contributed by atoms with E-state index in [4.69, 9.17) is 4.42 Å². The van der Waals surface area contributed by atoms with Crippen LogP contribution in [0.3, 0.4) is 0 Å². The number of hydrogen-bond acceptors (Lipinski definition) is 4. The maximum Gasteiger partial charge on any atom is 0.258 e. The molecule has 0 radical (unpaired) electrons. The Hall–Kier alpha value is -3.18. The number of aromatic amines is 1. The number of fused-ring (bicyclic) bond motifs is 1. The second-order valence-corrected chi connectivity index (χ2v) is 5.77. The summed E-state index contributed by atoms with van der Waals surface area (Å²) in [6.45, 7) is 0.417. The van der Waals surface area contributed by atoms with Crippen LogP contribution in [0, 0.1) is 0 Å². The van der Waals surface area contributed by atoms with Crippen molar-refractivity contribution in [2.75, 3.05) is 0 Å². The highest BCUT2D eigenvalue weighted by atomic mass is 16.3. The van der Waals surface area contributed by atoms with Crippen LogP contribution in [0.1, 0.15) is 23.2 Å². The van der Waals surface area contributed by atoms with E-state index in [1.54, 1.807) is 12.3 Å². The topological polar surface area (TPSA) is 70.9 Å². The minimum atomic E-state index is -0.128. The lowest BCUT2D eigenvalue weighted by Crippen LogP contribution is -2.24. The molecule has 124 valence electrons. The van der Waals surface area contributed by atoms with Gasteiger partial charge in [0.2, 0.25) is 0 Å². The molecule has 1 atom stereocenters. The van der Waals surface area contributed by atoms with Crippen LogP contribution in [0.15, 0.2) is 82.2 Å². The van der Waals surface area contributed by atoms with Gasteiger partial charge in [-0.15, -0.1) is 0 Å². The highest BCUT2D eigenvalue weighted by Crippen LogP contribution is 2.22. The van der Waals surface area contributed by atoms with Crippen LogP contribution in [0.4, 0.5) is 0 Å². The van der Waals surface area contributed by atoms with E-state index in [2.05, 4.69) is 15.3 Å². The van der Waals surface area contributed by atoms with E-state index in [1.807, 2.05) is 60.7 Å². The number of para-hydroxylation sites is 1. The minimum absolute atomic E-state index is 0.118. The zero-order valence-corrected chi connectivity index (χ0v) is 13.5. The molecule has 2 N–H and O–H groups in total. The predicted molar refractivity (Wildman–Crippen MR) is 96.2 cm³/mol. The molecule has 0 aliphatic rings. The van der Waals surface area contributed by atoms with Crippen molar-refractivity contribution >= 4 is 10.9 Å². The first-order valence-corrected chi connectivity index (χ1v) is 8.11. The standard InChI is InChI=1S/C20H17N3O2/c24-20-15-9-4-5-10-16(15)22-18(23-20)13-21-19(17-11-6-12-25-17)14-7-2-1-3-8-14/h1-12,19,21H,13H2,(H,22,23,24)/t19-/m0/s1. The molecule has 0 amide bonds. The molecule has 0 aliphatic heterocycles. The quantitative estimate of drug-likeness (QED) is 0.588. The molecule has 0 saturated carbocycles. The fraction of sp³-hybridized carbons (Fsp3) is 0.100. The molecular weight excluding hydrogens is 314 g/mol. The monoisotopic (exact) mass is 331 g/mol. The zero-order valence-electron chi connectivity index (χ0n) is 13.5. The Morgan fingerprint density at radius 1 is 1.00 bits per heavy atom. The molecule has 2 aromatic heterocycles. The molecule has 4 aromatic rings. The first-order chi connectivity index (χ1) is 12.3. The van der Waals surface area contributed by atoms with Gasteiger partial charge in [0.1, 0.15) is 11.6 Å². The molecule has 5 nitrogen and oxygen atoms in total. The molecule has 5 heteroatoms. The van der Waals surface area contributed by atoms with Crippen molar-refractivity contribution in [3.05, 3.63) is 100 Å². The Kier molecular flexibility index (Phi) is 4.14. The number of nitrogens with zero attached hydrogens (tertiary/aromatic N) is 1. The maximum absolute atomic E-state index is 12.2. The van der Waals surface area contributed by atoms with Crippen LogP contribution in [0.5, 0.6) is 0 Å². The molecular formula is C20H17N3O2. The average molecular weight is 331 g/mol. The van der Waals surface area contributed by atoms with Crippen LogP contribution >= 0.6 is 0 Å². The molecule has 0 aliphatic carbocycles. The molecule has 0 saturated heterocycles. The van der Waals surface area contributed by atoms with E-state index >= 15 is 0 Å². The first-order valence-electron chi connectivity index (χ1n) is 8.11. The molecule has 0 unspecified atom stereocenters. The third-order valence-electron chi connectivity index (χ3n) is 4.10. The number of rotatable bonds is 5. The SMILES string of the molecule is O=c1[nH]c(CN[C@@H](c2ccccc2)c2ccco2)nc2ccccc12. The van der Waals surface area contributed by atoms with Gasteiger partial charge in [0.15, 0.2) is 0 Å². The van der Waals surface area contributed by atoms with E-state index in [0.717, 1.165) is 11.3 Å². The van der Waals surface area contributed by atoms with Crippen molar-refractivity contribution in [1.29, 1.82) is 0 Å². The second kappa shape index (κ2) is 6.75. The first kappa shape index (κ1) is 15.4. The number of benzene rings is 2. The van der Waals surface area contributed by atoms with Crippen molar-refractivity contribution in [2.45, 2.75) is 12.6 Å². The molecule has 0 spiro atoms. The lowest BCUT2D eigenvalue weighted by Gasteiger charge is -2.17. The smallest absolute Gasteiger partial charge is 0.258 e. The Bertz CT molecular complexity index is 1020. The van der Waals surface area contributed by atoms with Crippen molar-refractivity contribution in [3.63, 3.8) is 0 Å². The van der Waals surface area contributed by atoms with Gasteiger partial charge in [-0.3, -0.25) is 10.1 Å². The van der Waals surface area contributed by atoms with E-state index in [9.17, 15) is 4.79 Å². The molecule has 2 heterocycles. The summed E-state index contributed by atoms with van der Waals surface area (Å²) in [5.41, 5.74) is 1.65. The fourth-order valence-corrected chi connectivity index (χ4v) is 2.90. The van der Waals surface area contributed by atoms with Gasteiger partial charge in [-0.05, 0) is 29.8 Å².